The van der Waals surface area contributed by atoms with Gasteiger partial charge >= 0.3 is 8.56 Å². The molecule has 0 atom stereocenters. The highest BCUT2D eigenvalue weighted by Crippen LogP contribution is 2.51. The fourth-order valence-electron chi connectivity index (χ4n) is 6.29. The molecule has 0 amide bonds. The predicted molar refractivity (Wildman–Crippen MR) is 106 cm³/mol. The van der Waals surface area contributed by atoms with Gasteiger partial charge < -0.3 is 8.85 Å². The minimum Gasteiger partial charge on any atom is -0.391 e. The third-order valence-electron chi connectivity index (χ3n) is 7.65. The van der Waals surface area contributed by atoms with E-state index in [2.05, 4.69) is 0 Å². The first-order valence-corrected chi connectivity index (χ1v) is 13.7. The number of hydrogen-bond acceptors (Lipinski definition) is 2. The molecule has 0 aromatic rings. The summed E-state index contributed by atoms with van der Waals surface area (Å²) in [5.74, 6) is 0. The molecular weight excluding hydrogens is 324 g/mol. The van der Waals surface area contributed by atoms with Gasteiger partial charge in [0.1, 0.15) is 0 Å². The molecule has 4 aliphatic carbocycles. The van der Waals surface area contributed by atoms with Crippen LogP contribution in [-0.4, -0.2) is 20.8 Å². The van der Waals surface area contributed by atoms with Crippen LogP contribution in [-0.2, 0) is 8.85 Å². The fourth-order valence-corrected chi connectivity index (χ4v) is 11.7. The molecule has 0 spiro atoms. The maximum Gasteiger partial charge on any atom is 0.345 e. The van der Waals surface area contributed by atoms with Gasteiger partial charge in [0, 0.05) is 23.3 Å². The van der Waals surface area contributed by atoms with Gasteiger partial charge in [0.25, 0.3) is 0 Å². The molecular formula is C22H40O2Si. The van der Waals surface area contributed by atoms with Crippen LogP contribution in [0.2, 0.25) is 11.1 Å². The van der Waals surface area contributed by atoms with Gasteiger partial charge in [-0.3, -0.25) is 0 Å². The van der Waals surface area contributed by atoms with Gasteiger partial charge in [-0.1, -0.05) is 64.2 Å². The third-order valence-corrected chi connectivity index (χ3v) is 12.5. The fraction of sp³-hybridized carbons (Fsp3) is 1.00. The van der Waals surface area contributed by atoms with Crippen LogP contribution in [0.4, 0.5) is 0 Å². The van der Waals surface area contributed by atoms with Crippen LogP contribution in [0.5, 0.6) is 0 Å². The molecule has 0 aromatic heterocycles. The van der Waals surface area contributed by atoms with E-state index in [0.29, 0.717) is 12.2 Å². The smallest absolute Gasteiger partial charge is 0.345 e. The van der Waals surface area contributed by atoms with Crippen molar-refractivity contribution in [2.45, 2.75) is 139 Å². The van der Waals surface area contributed by atoms with E-state index >= 15 is 0 Å². The second kappa shape index (κ2) is 8.88. The monoisotopic (exact) mass is 364 g/mol. The van der Waals surface area contributed by atoms with Gasteiger partial charge in [-0.05, 0) is 51.4 Å². The Bertz CT molecular complexity index is 351. The molecule has 2 nitrogen and oxygen atoms in total. The van der Waals surface area contributed by atoms with Crippen LogP contribution in [0, 0.1) is 0 Å². The van der Waals surface area contributed by atoms with Crippen molar-refractivity contribution in [3.8, 4) is 0 Å². The highest BCUT2D eigenvalue weighted by molar-refractivity contribution is 6.70. The average Bonchev–Trinajstić information content (AvgIpc) is 3.37. The molecule has 0 bridgehead atoms. The van der Waals surface area contributed by atoms with Crippen LogP contribution < -0.4 is 0 Å². The van der Waals surface area contributed by atoms with E-state index in [1.165, 1.54) is 116 Å². The van der Waals surface area contributed by atoms with Crippen molar-refractivity contribution in [3.63, 3.8) is 0 Å². The zero-order valence-corrected chi connectivity index (χ0v) is 17.4. The zero-order valence-electron chi connectivity index (χ0n) is 16.4. The van der Waals surface area contributed by atoms with Crippen LogP contribution in [0.1, 0.15) is 116 Å². The Morgan fingerprint density at radius 1 is 0.400 bits per heavy atom. The maximum atomic E-state index is 7.26. The average molecular weight is 365 g/mol. The Hall–Kier alpha value is 0.137. The van der Waals surface area contributed by atoms with E-state index in [-0.39, 0.29) is 0 Å². The highest BCUT2D eigenvalue weighted by Gasteiger charge is 2.55. The van der Waals surface area contributed by atoms with E-state index in [9.17, 15) is 0 Å². The summed E-state index contributed by atoms with van der Waals surface area (Å²) >= 11 is 0. The standard InChI is InChI=1S/C22H40O2Si/c1-3-15-21(16-4-1)25(22-17-5-2-6-18-22,23-19-11-7-8-12-19)24-20-13-9-10-14-20/h19-22H,1-18H2. The van der Waals surface area contributed by atoms with Crippen molar-refractivity contribution in [3.05, 3.63) is 0 Å². The summed E-state index contributed by atoms with van der Waals surface area (Å²) in [5, 5.41) is 0. The molecule has 0 aromatic carbocycles. The van der Waals surface area contributed by atoms with Crippen molar-refractivity contribution >= 4 is 8.56 Å². The van der Waals surface area contributed by atoms with Crippen molar-refractivity contribution in [2.24, 2.45) is 0 Å². The first-order valence-electron chi connectivity index (χ1n) is 11.7. The van der Waals surface area contributed by atoms with Crippen LogP contribution in [0.25, 0.3) is 0 Å². The molecule has 0 unspecified atom stereocenters. The maximum absolute atomic E-state index is 7.26. The minimum atomic E-state index is -2.12. The Morgan fingerprint density at radius 3 is 1.08 bits per heavy atom. The summed E-state index contributed by atoms with van der Waals surface area (Å²) in [7, 11) is -2.12. The Labute approximate surface area is 156 Å². The zero-order chi connectivity index (χ0) is 17.0. The van der Waals surface area contributed by atoms with Gasteiger partial charge in [0.05, 0.1) is 0 Å². The van der Waals surface area contributed by atoms with Gasteiger partial charge in [-0.25, -0.2) is 0 Å². The number of hydrogen-bond donors (Lipinski definition) is 0. The molecule has 0 aliphatic heterocycles. The van der Waals surface area contributed by atoms with E-state index in [0.717, 1.165) is 11.1 Å². The summed E-state index contributed by atoms with van der Waals surface area (Å²) in [4.78, 5) is 0. The number of rotatable bonds is 6. The molecule has 0 saturated heterocycles. The highest BCUT2D eigenvalue weighted by atomic mass is 28.4. The lowest BCUT2D eigenvalue weighted by molar-refractivity contribution is 0.0590. The summed E-state index contributed by atoms with van der Waals surface area (Å²) in [6.45, 7) is 0. The molecule has 4 rings (SSSR count). The van der Waals surface area contributed by atoms with Crippen molar-refractivity contribution in [1.29, 1.82) is 0 Å². The van der Waals surface area contributed by atoms with Gasteiger partial charge in [-0.15, -0.1) is 0 Å². The second-order valence-corrected chi connectivity index (χ2v) is 13.0. The summed E-state index contributed by atoms with van der Waals surface area (Å²) in [5.41, 5.74) is 1.59. The van der Waals surface area contributed by atoms with E-state index in [4.69, 9.17) is 8.85 Å². The van der Waals surface area contributed by atoms with Gasteiger partial charge in [-0.2, -0.15) is 0 Å². The van der Waals surface area contributed by atoms with E-state index in [1.807, 2.05) is 0 Å². The summed E-state index contributed by atoms with van der Waals surface area (Å²) < 4.78 is 14.5. The first kappa shape index (κ1) is 18.5. The molecule has 4 aliphatic rings. The van der Waals surface area contributed by atoms with Crippen LogP contribution in [0.3, 0.4) is 0 Å². The molecule has 0 heterocycles. The summed E-state index contributed by atoms with van der Waals surface area (Å²) in [6.07, 6.45) is 26.0. The lowest BCUT2D eigenvalue weighted by Gasteiger charge is -2.48. The van der Waals surface area contributed by atoms with Crippen molar-refractivity contribution in [2.75, 3.05) is 0 Å². The van der Waals surface area contributed by atoms with Crippen molar-refractivity contribution < 1.29 is 8.85 Å². The second-order valence-electron chi connectivity index (χ2n) is 9.44. The lowest BCUT2D eigenvalue weighted by atomic mass is 9.99. The molecule has 3 heteroatoms. The predicted octanol–water partition coefficient (Wildman–Crippen LogP) is 7.02. The molecule has 25 heavy (non-hydrogen) atoms. The van der Waals surface area contributed by atoms with Crippen molar-refractivity contribution in [1.82, 2.24) is 0 Å². The molecule has 4 fully saturated rings. The van der Waals surface area contributed by atoms with Gasteiger partial charge in [0.2, 0.25) is 0 Å². The van der Waals surface area contributed by atoms with E-state index in [1.54, 1.807) is 0 Å². The van der Waals surface area contributed by atoms with Crippen LogP contribution >= 0.6 is 0 Å². The Morgan fingerprint density at radius 2 is 0.720 bits per heavy atom. The third kappa shape index (κ3) is 4.35. The topological polar surface area (TPSA) is 18.5 Å². The summed E-state index contributed by atoms with van der Waals surface area (Å²) in [6, 6.07) is 0. The molecule has 4 saturated carbocycles. The quantitative estimate of drug-likeness (QED) is 0.472. The first-order chi connectivity index (χ1) is 12.4. The lowest BCUT2D eigenvalue weighted by Crippen LogP contribution is -2.55. The molecule has 0 radical (unpaired) electrons. The van der Waals surface area contributed by atoms with E-state index < -0.39 is 8.56 Å². The van der Waals surface area contributed by atoms with Gasteiger partial charge in [0.15, 0.2) is 0 Å². The SMILES string of the molecule is C1CCC([Si](OC2CCCC2)(OC2CCCC2)C2CCCCC2)CC1. The normalized spacial score (nSPS) is 28.8. The largest absolute Gasteiger partial charge is 0.391 e. The Kier molecular flexibility index (Phi) is 6.57. The minimum absolute atomic E-state index is 0.539. The Balaban J connectivity index is 1.60. The van der Waals surface area contributed by atoms with Crippen LogP contribution in [0.15, 0.2) is 0 Å². The molecule has 144 valence electrons. The molecule has 0 N–H and O–H groups in total.